The molecule has 0 spiro atoms. The molecule has 18 heavy (non-hydrogen) atoms. The Morgan fingerprint density at radius 3 is 2.83 bits per heavy atom. The molecule has 1 aromatic heterocycles. The molecular formula is C12H13N3O3. The van der Waals surface area contributed by atoms with Crippen molar-refractivity contribution in [2.75, 3.05) is 26.1 Å². The topological polar surface area (TPSA) is 82.4 Å². The van der Waals surface area contributed by atoms with E-state index >= 15 is 0 Å². The predicted octanol–water partition coefficient (Wildman–Crippen LogP) is 1.44. The largest absolute Gasteiger partial charge is 0.497 e. The Balaban J connectivity index is 2.17. The Labute approximate surface area is 104 Å². The normalized spacial score (nSPS) is 13.4. The van der Waals surface area contributed by atoms with Crippen molar-refractivity contribution >= 4 is 5.82 Å². The minimum atomic E-state index is 0.429. The van der Waals surface area contributed by atoms with E-state index in [9.17, 15) is 0 Å². The average Bonchev–Trinajstić information content (AvgIpc) is 2.84. The van der Waals surface area contributed by atoms with Crippen molar-refractivity contribution in [3.63, 3.8) is 0 Å². The Hall–Kier alpha value is -2.37. The molecule has 0 aliphatic carbocycles. The fraction of sp³-hybridized carbons (Fsp3) is 0.250. The molecule has 0 unspecified atom stereocenters. The number of hydrogen-bond donors (Lipinski definition) is 2. The fourth-order valence-corrected chi connectivity index (χ4v) is 1.92. The summed E-state index contributed by atoms with van der Waals surface area (Å²) in [5.74, 6) is 2.48. The Morgan fingerprint density at radius 1 is 1.28 bits per heavy atom. The van der Waals surface area contributed by atoms with Gasteiger partial charge in [-0.05, 0) is 6.07 Å². The van der Waals surface area contributed by atoms with Gasteiger partial charge in [0.1, 0.15) is 24.8 Å². The van der Waals surface area contributed by atoms with Crippen LogP contribution in [0.15, 0.2) is 18.2 Å². The first kappa shape index (κ1) is 10.8. The molecule has 1 aliphatic rings. The molecule has 1 aromatic carbocycles. The summed E-state index contributed by atoms with van der Waals surface area (Å²) < 4.78 is 16.5. The highest BCUT2D eigenvalue weighted by molar-refractivity contribution is 5.74. The van der Waals surface area contributed by atoms with Gasteiger partial charge in [0.05, 0.1) is 12.8 Å². The van der Waals surface area contributed by atoms with Gasteiger partial charge in [0.25, 0.3) is 0 Å². The number of rotatable bonds is 2. The Bertz CT molecular complexity index is 580. The van der Waals surface area contributed by atoms with E-state index in [4.69, 9.17) is 19.9 Å². The van der Waals surface area contributed by atoms with Crippen molar-refractivity contribution in [3.8, 4) is 28.5 Å². The molecule has 2 heterocycles. The second-order valence-corrected chi connectivity index (χ2v) is 3.91. The highest BCUT2D eigenvalue weighted by atomic mass is 16.6. The van der Waals surface area contributed by atoms with Crippen LogP contribution in [0.2, 0.25) is 0 Å². The lowest BCUT2D eigenvalue weighted by Crippen LogP contribution is -2.16. The average molecular weight is 247 g/mol. The number of aromatic nitrogens is 2. The first-order valence-corrected chi connectivity index (χ1v) is 5.57. The fourth-order valence-electron chi connectivity index (χ4n) is 1.92. The molecule has 3 rings (SSSR count). The van der Waals surface area contributed by atoms with Gasteiger partial charge in [-0.2, -0.15) is 5.10 Å². The Morgan fingerprint density at radius 2 is 2.11 bits per heavy atom. The highest BCUT2D eigenvalue weighted by Gasteiger charge is 2.20. The van der Waals surface area contributed by atoms with E-state index in [2.05, 4.69) is 10.2 Å². The summed E-state index contributed by atoms with van der Waals surface area (Å²) in [5.41, 5.74) is 7.22. The van der Waals surface area contributed by atoms with Crippen LogP contribution in [0.5, 0.6) is 17.2 Å². The van der Waals surface area contributed by atoms with Crippen LogP contribution >= 0.6 is 0 Å². The third kappa shape index (κ3) is 1.71. The summed E-state index contributed by atoms with van der Waals surface area (Å²) in [6.07, 6.45) is 0. The molecule has 6 heteroatoms. The van der Waals surface area contributed by atoms with Gasteiger partial charge in [-0.15, -0.1) is 0 Å². The van der Waals surface area contributed by atoms with Crippen molar-refractivity contribution in [3.05, 3.63) is 18.2 Å². The summed E-state index contributed by atoms with van der Waals surface area (Å²) in [7, 11) is 1.61. The monoisotopic (exact) mass is 247 g/mol. The van der Waals surface area contributed by atoms with Crippen molar-refractivity contribution in [1.82, 2.24) is 10.2 Å². The third-order valence-electron chi connectivity index (χ3n) is 2.74. The lowest BCUT2D eigenvalue weighted by Gasteiger charge is -2.21. The first-order chi connectivity index (χ1) is 8.78. The number of nitrogens with two attached hydrogens (primary N) is 1. The van der Waals surface area contributed by atoms with Crippen LogP contribution in [0.1, 0.15) is 0 Å². The second-order valence-electron chi connectivity index (χ2n) is 3.91. The summed E-state index contributed by atoms with van der Waals surface area (Å²) in [4.78, 5) is 0. The summed E-state index contributed by atoms with van der Waals surface area (Å²) in [5, 5.41) is 6.77. The standard InChI is InChI=1S/C12H13N3O3/c1-16-7-4-8(9-6-11(13)15-14-9)12-10(5-7)17-2-3-18-12/h4-6H,2-3H2,1H3,(H3,13,14,15). The van der Waals surface area contributed by atoms with E-state index in [0.717, 1.165) is 11.3 Å². The number of anilines is 1. The highest BCUT2D eigenvalue weighted by Crippen LogP contribution is 2.42. The number of nitrogens with one attached hydrogen (secondary N) is 1. The van der Waals surface area contributed by atoms with Crippen LogP contribution in [0.4, 0.5) is 5.82 Å². The van der Waals surface area contributed by atoms with Crippen molar-refractivity contribution in [2.45, 2.75) is 0 Å². The van der Waals surface area contributed by atoms with Gasteiger partial charge in [0, 0.05) is 17.7 Å². The van der Waals surface area contributed by atoms with E-state index in [-0.39, 0.29) is 0 Å². The Kier molecular flexibility index (Phi) is 2.47. The molecule has 0 radical (unpaired) electrons. The summed E-state index contributed by atoms with van der Waals surface area (Å²) in [6, 6.07) is 5.41. The van der Waals surface area contributed by atoms with Crippen LogP contribution in [0.25, 0.3) is 11.3 Å². The molecule has 0 saturated carbocycles. The zero-order valence-electron chi connectivity index (χ0n) is 9.90. The number of aromatic amines is 1. The molecule has 0 bridgehead atoms. The first-order valence-electron chi connectivity index (χ1n) is 5.57. The lowest BCUT2D eigenvalue weighted by molar-refractivity contribution is 0.171. The second kappa shape index (κ2) is 4.14. The molecule has 2 aromatic rings. The van der Waals surface area contributed by atoms with Gasteiger partial charge in [0.15, 0.2) is 11.5 Å². The van der Waals surface area contributed by atoms with E-state index in [1.807, 2.05) is 6.07 Å². The van der Waals surface area contributed by atoms with Gasteiger partial charge >= 0.3 is 0 Å². The summed E-state index contributed by atoms with van der Waals surface area (Å²) >= 11 is 0. The van der Waals surface area contributed by atoms with Crippen molar-refractivity contribution < 1.29 is 14.2 Å². The lowest BCUT2D eigenvalue weighted by atomic mass is 10.1. The predicted molar refractivity (Wildman–Crippen MR) is 66.0 cm³/mol. The zero-order chi connectivity index (χ0) is 12.5. The maximum absolute atomic E-state index is 5.65. The number of hydrogen-bond acceptors (Lipinski definition) is 5. The molecule has 3 N–H and O–H groups in total. The number of benzene rings is 1. The van der Waals surface area contributed by atoms with Gasteiger partial charge < -0.3 is 19.9 Å². The number of H-pyrrole nitrogens is 1. The molecule has 94 valence electrons. The number of ether oxygens (including phenoxy) is 3. The number of methoxy groups -OCH3 is 1. The van der Waals surface area contributed by atoms with Crippen LogP contribution in [0, 0.1) is 0 Å². The minimum Gasteiger partial charge on any atom is -0.497 e. The van der Waals surface area contributed by atoms with E-state index in [0.29, 0.717) is 36.3 Å². The van der Waals surface area contributed by atoms with Crippen molar-refractivity contribution in [2.24, 2.45) is 0 Å². The molecule has 0 fully saturated rings. The smallest absolute Gasteiger partial charge is 0.170 e. The van der Waals surface area contributed by atoms with Gasteiger partial charge in [-0.25, -0.2) is 0 Å². The van der Waals surface area contributed by atoms with Crippen LogP contribution in [-0.4, -0.2) is 30.5 Å². The maximum Gasteiger partial charge on any atom is 0.170 e. The van der Waals surface area contributed by atoms with E-state index in [1.54, 1.807) is 19.2 Å². The summed E-state index contributed by atoms with van der Waals surface area (Å²) in [6.45, 7) is 1.06. The van der Waals surface area contributed by atoms with Crippen LogP contribution in [-0.2, 0) is 0 Å². The number of nitrogens with zero attached hydrogens (tertiary/aromatic N) is 1. The number of nitrogen functional groups attached to an aromatic ring is 1. The van der Waals surface area contributed by atoms with Crippen molar-refractivity contribution in [1.29, 1.82) is 0 Å². The molecule has 0 saturated heterocycles. The molecule has 1 aliphatic heterocycles. The van der Waals surface area contributed by atoms with Crippen LogP contribution < -0.4 is 19.9 Å². The quantitative estimate of drug-likeness (QED) is 0.839. The van der Waals surface area contributed by atoms with E-state index < -0.39 is 0 Å². The zero-order valence-corrected chi connectivity index (χ0v) is 9.90. The van der Waals surface area contributed by atoms with Gasteiger partial charge in [0.2, 0.25) is 0 Å². The molecule has 0 amide bonds. The number of fused-ring (bicyclic) bond motifs is 1. The maximum atomic E-state index is 5.65. The molecule has 6 nitrogen and oxygen atoms in total. The SMILES string of the molecule is COc1cc2c(c(-c3cc(N)n[nH]3)c1)OCCO2. The minimum absolute atomic E-state index is 0.429. The van der Waals surface area contributed by atoms with Gasteiger partial charge in [-0.3, -0.25) is 5.10 Å². The van der Waals surface area contributed by atoms with Crippen LogP contribution in [0.3, 0.4) is 0 Å². The third-order valence-corrected chi connectivity index (χ3v) is 2.74. The molecule has 0 atom stereocenters. The molecular weight excluding hydrogens is 234 g/mol. The van der Waals surface area contributed by atoms with E-state index in [1.165, 1.54) is 0 Å². The van der Waals surface area contributed by atoms with Gasteiger partial charge in [-0.1, -0.05) is 0 Å².